The molecule has 0 radical (unpaired) electrons. The average Bonchev–Trinajstić information content (AvgIpc) is 2.28. The first-order valence-electron chi connectivity index (χ1n) is 4.47. The Balaban J connectivity index is 2.34. The van der Waals surface area contributed by atoms with Crippen LogP contribution >= 0.6 is 22.6 Å². The lowest BCUT2D eigenvalue weighted by atomic mass is 10.1. The molecule has 0 bridgehead atoms. The highest BCUT2D eigenvalue weighted by molar-refractivity contribution is 8.67. The normalized spacial score (nSPS) is 27.5. The van der Waals surface area contributed by atoms with Crippen molar-refractivity contribution >= 4 is 22.6 Å². The Morgan fingerprint density at radius 2 is 2.08 bits per heavy atom. The maximum Gasteiger partial charge on any atom is 0.0112 e. The molecule has 0 aliphatic carbocycles. The standard InChI is InChI=1S/C8H18N2S2/c1-9(2)8-4-3-6-10(12-11)7-5-8/h8,11H,3-7H2,1-2H3. The minimum atomic E-state index is 0.774. The largest absolute Gasteiger partial charge is 0.306 e. The summed E-state index contributed by atoms with van der Waals surface area (Å²) in [6, 6.07) is 0.774. The molecule has 4 heteroatoms. The van der Waals surface area contributed by atoms with Gasteiger partial charge in [-0.2, -0.15) is 0 Å². The molecule has 2 nitrogen and oxygen atoms in total. The minimum absolute atomic E-state index is 0.774. The first-order valence-corrected chi connectivity index (χ1v) is 6.29. The van der Waals surface area contributed by atoms with Crippen LogP contribution in [0.5, 0.6) is 0 Å². The van der Waals surface area contributed by atoms with Crippen molar-refractivity contribution in [1.82, 2.24) is 9.21 Å². The van der Waals surface area contributed by atoms with Crippen LogP contribution in [0.25, 0.3) is 0 Å². The predicted octanol–water partition coefficient (Wildman–Crippen LogP) is 1.90. The number of rotatable bonds is 2. The second-order valence-electron chi connectivity index (χ2n) is 3.56. The third-order valence-electron chi connectivity index (χ3n) is 2.50. The van der Waals surface area contributed by atoms with E-state index < -0.39 is 0 Å². The predicted molar refractivity (Wildman–Crippen MR) is 59.5 cm³/mol. The molecule has 1 atom stereocenters. The van der Waals surface area contributed by atoms with Gasteiger partial charge in [0.15, 0.2) is 0 Å². The third kappa shape index (κ3) is 3.17. The molecule has 1 rings (SSSR count). The van der Waals surface area contributed by atoms with Crippen LogP contribution in [0.3, 0.4) is 0 Å². The van der Waals surface area contributed by atoms with Crippen LogP contribution in [0.4, 0.5) is 0 Å². The smallest absolute Gasteiger partial charge is 0.0112 e. The van der Waals surface area contributed by atoms with Crippen molar-refractivity contribution in [3.8, 4) is 0 Å². The van der Waals surface area contributed by atoms with Gasteiger partial charge in [-0.25, -0.2) is 4.31 Å². The SMILES string of the molecule is CN(C)C1CCCN(SS)CC1. The van der Waals surface area contributed by atoms with Crippen molar-refractivity contribution in [3.05, 3.63) is 0 Å². The summed E-state index contributed by atoms with van der Waals surface area (Å²) in [6.45, 7) is 2.37. The van der Waals surface area contributed by atoms with E-state index in [4.69, 9.17) is 0 Å². The zero-order chi connectivity index (χ0) is 8.97. The van der Waals surface area contributed by atoms with Crippen LogP contribution < -0.4 is 0 Å². The van der Waals surface area contributed by atoms with Gasteiger partial charge in [0.1, 0.15) is 0 Å². The summed E-state index contributed by atoms with van der Waals surface area (Å²) in [5.41, 5.74) is 0. The summed E-state index contributed by atoms with van der Waals surface area (Å²) in [6.07, 6.45) is 3.91. The topological polar surface area (TPSA) is 6.48 Å². The lowest BCUT2D eigenvalue weighted by Crippen LogP contribution is -2.28. The van der Waals surface area contributed by atoms with Crippen LogP contribution in [0, 0.1) is 0 Å². The second-order valence-corrected chi connectivity index (χ2v) is 4.73. The van der Waals surface area contributed by atoms with Gasteiger partial charge in [0.25, 0.3) is 0 Å². The van der Waals surface area contributed by atoms with Crippen molar-refractivity contribution in [2.75, 3.05) is 27.2 Å². The lowest BCUT2D eigenvalue weighted by molar-refractivity contribution is 0.269. The fourth-order valence-electron chi connectivity index (χ4n) is 1.65. The second kappa shape index (κ2) is 5.37. The van der Waals surface area contributed by atoms with Gasteiger partial charge in [-0.3, -0.25) is 0 Å². The van der Waals surface area contributed by atoms with Crippen molar-refractivity contribution in [2.24, 2.45) is 0 Å². The molecule has 1 aliphatic heterocycles. The fourth-order valence-corrected chi connectivity index (χ4v) is 2.54. The Morgan fingerprint density at radius 3 is 2.67 bits per heavy atom. The van der Waals surface area contributed by atoms with Crippen LogP contribution in [0.15, 0.2) is 0 Å². The molecule has 1 fully saturated rings. The monoisotopic (exact) mass is 206 g/mol. The van der Waals surface area contributed by atoms with Crippen LogP contribution in [0.1, 0.15) is 19.3 Å². The van der Waals surface area contributed by atoms with E-state index >= 15 is 0 Å². The van der Waals surface area contributed by atoms with Gasteiger partial charge >= 0.3 is 0 Å². The average molecular weight is 206 g/mol. The first kappa shape index (κ1) is 10.7. The molecule has 1 heterocycles. The molecule has 0 aromatic rings. The van der Waals surface area contributed by atoms with Gasteiger partial charge in [0.05, 0.1) is 0 Å². The lowest BCUT2D eigenvalue weighted by Gasteiger charge is -2.22. The van der Waals surface area contributed by atoms with Crippen LogP contribution in [0.2, 0.25) is 0 Å². The molecule has 1 unspecified atom stereocenters. The number of hydrogen-bond acceptors (Lipinski definition) is 4. The number of thiol groups is 1. The van der Waals surface area contributed by atoms with Gasteiger partial charge in [-0.1, -0.05) is 11.7 Å². The maximum atomic E-state index is 4.22. The van der Waals surface area contributed by atoms with E-state index in [1.54, 1.807) is 11.0 Å². The Labute approximate surface area is 84.6 Å². The van der Waals surface area contributed by atoms with Gasteiger partial charge in [0, 0.05) is 19.1 Å². The molecule has 1 aliphatic rings. The van der Waals surface area contributed by atoms with Crippen molar-refractivity contribution in [2.45, 2.75) is 25.3 Å². The summed E-state index contributed by atoms with van der Waals surface area (Å²) >= 11 is 4.22. The van der Waals surface area contributed by atoms with Gasteiger partial charge in [0.2, 0.25) is 0 Å². The van der Waals surface area contributed by atoms with E-state index in [9.17, 15) is 0 Å². The molecule has 0 aromatic carbocycles. The summed E-state index contributed by atoms with van der Waals surface area (Å²) < 4.78 is 2.34. The molecule has 0 N–H and O–H groups in total. The molecule has 0 aromatic heterocycles. The van der Waals surface area contributed by atoms with Crippen molar-refractivity contribution < 1.29 is 0 Å². The zero-order valence-electron chi connectivity index (χ0n) is 7.86. The van der Waals surface area contributed by atoms with Gasteiger partial charge in [-0.15, -0.1) is 0 Å². The van der Waals surface area contributed by atoms with Crippen molar-refractivity contribution in [3.63, 3.8) is 0 Å². The third-order valence-corrected chi connectivity index (χ3v) is 3.79. The molecule has 1 saturated heterocycles. The van der Waals surface area contributed by atoms with Gasteiger partial charge in [-0.05, 0) is 44.3 Å². The highest BCUT2D eigenvalue weighted by Gasteiger charge is 2.17. The van der Waals surface area contributed by atoms with E-state index in [1.165, 1.54) is 32.4 Å². The Kier molecular flexibility index (Phi) is 4.79. The Bertz CT molecular complexity index is 130. The quantitative estimate of drug-likeness (QED) is 0.419. The fraction of sp³-hybridized carbons (Fsp3) is 1.00. The van der Waals surface area contributed by atoms with E-state index in [0.717, 1.165) is 6.04 Å². The molecule has 0 amide bonds. The first-order chi connectivity index (χ1) is 5.74. The van der Waals surface area contributed by atoms with Crippen molar-refractivity contribution in [1.29, 1.82) is 0 Å². The summed E-state index contributed by atoms with van der Waals surface area (Å²) in [5.74, 6) is 0. The highest BCUT2D eigenvalue weighted by atomic mass is 33.1. The summed E-state index contributed by atoms with van der Waals surface area (Å²) in [7, 11) is 5.93. The van der Waals surface area contributed by atoms with Gasteiger partial charge < -0.3 is 4.90 Å². The minimum Gasteiger partial charge on any atom is -0.306 e. The summed E-state index contributed by atoms with van der Waals surface area (Å²) in [4.78, 5) is 2.34. The maximum absolute atomic E-state index is 4.22. The molecule has 12 heavy (non-hydrogen) atoms. The zero-order valence-corrected chi connectivity index (χ0v) is 9.57. The number of nitrogens with zero attached hydrogens (tertiary/aromatic N) is 2. The van der Waals surface area contributed by atoms with Crippen LogP contribution in [-0.4, -0.2) is 42.4 Å². The Hall–Kier alpha value is 0.620. The molecule has 0 spiro atoms. The van der Waals surface area contributed by atoms with Crippen LogP contribution in [-0.2, 0) is 0 Å². The summed E-state index contributed by atoms with van der Waals surface area (Å²) in [5, 5.41) is 0. The van der Waals surface area contributed by atoms with E-state index in [2.05, 4.69) is 35.0 Å². The van der Waals surface area contributed by atoms with E-state index in [-0.39, 0.29) is 0 Å². The van der Waals surface area contributed by atoms with E-state index in [1.807, 2.05) is 0 Å². The van der Waals surface area contributed by atoms with E-state index in [0.29, 0.717) is 0 Å². The number of hydrogen-bond donors (Lipinski definition) is 1. The highest BCUT2D eigenvalue weighted by Crippen LogP contribution is 2.21. The Morgan fingerprint density at radius 1 is 1.33 bits per heavy atom. The molecular formula is C8H18N2S2. The molecule has 72 valence electrons. The molecular weight excluding hydrogens is 188 g/mol. The molecule has 0 saturated carbocycles.